The molecule has 0 aliphatic carbocycles. The summed E-state index contributed by atoms with van der Waals surface area (Å²) in [5.41, 5.74) is 1.06. The molecule has 1 aliphatic rings. The number of fused-ring (bicyclic) bond motifs is 1. The van der Waals surface area contributed by atoms with Gasteiger partial charge in [0.1, 0.15) is 5.75 Å². The predicted octanol–water partition coefficient (Wildman–Crippen LogP) is 3.15. The minimum Gasteiger partial charge on any atom is -0.494 e. The van der Waals surface area contributed by atoms with E-state index >= 15 is 0 Å². The number of aliphatic carboxylic acids is 1. The smallest absolute Gasteiger partial charge is 0.305 e. The molecule has 0 aromatic heterocycles. The highest BCUT2D eigenvalue weighted by atomic mass is 16.7. The molecule has 3 rings (SSSR count). The van der Waals surface area contributed by atoms with Crippen molar-refractivity contribution in [2.45, 2.75) is 25.8 Å². The molecule has 1 aliphatic heterocycles. The molecule has 0 fully saturated rings. The average molecular weight is 371 g/mol. The zero-order chi connectivity index (χ0) is 19.2. The first-order chi connectivity index (χ1) is 13.1. The van der Waals surface area contributed by atoms with Crippen LogP contribution in [0.25, 0.3) is 0 Å². The van der Waals surface area contributed by atoms with Crippen molar-refractivity contribution in [2.24, 2.45) is 0 Å². The lowest BCUT2D eigenvalue weighted by Crippen LogP contribution is -2.30. The van der Waals surface area contributed by atoms with Crippen LogP contribution in [-0.4, -0.2) is 30.4 Å². The third-order valence-electron chi connectivity index (χ3n) is 4.07. The maximum Gasteiger partial charge on any atom is 0.305 e. The number of carbonyl (C=O) groups excluding carboxylic acids is 1. The number of nitrogens with one attached hydrogen (secondary N) is 1. The van der Waals surface area contributed by atoms with Crippen LogP contribution in [0.15, 0.2) is 42.5 Å². The van der Waals surface area contributed by atoms with E-state index in [2.05, 4.69) is 5.32 Å². The van der Waals surface area contributed by atoms with Gasteiger partial charge < -0.3 is 24.6 Å². The van der Waals surface area contributed by atoms with E-state index in [0.717, 1.165) is 6.42 Å². The first-order valence-corrected chi connectivity index (χ1v) is 8.72. The summed E-state index contributed by atoms with van der Waals surface area (Å²) in [7, 11) is 0. The number of carbonyl (C=O) groups is 2. The molecule has 2 N–H and O–H groups in total. The molecule has 7 nitrogen and oxygen atoms in total. The number of hydrogen-bond acceptors (Lipinski definition) is 5. The van der Waals surface area contributed by atoms with E-state index in [0.29, 0.717) is 35.0 Å². The Balaban J connectivity index is 1.74. The van der Waals surface area contributed by atoms with Crippen LogP contribution < -0.4 is 19.5 Å². The van der Waals surface area contributed by atoms with Crippen LogP contribution >= 0.6 is 0 Å². The standard InChI is InChI=1S/C20H21NO6/c1-2-9-25-15-6-3-13(4-7-15)16(11-19(22)23)21-20(24)14-5-8-17-18(10-14)27-12-26-17/h3-8,10,16H,2,9,11-12H2,1H3,(H,21,24)(H,22,23)/t16-/m1/s1. The Kier molecular flexibility index (Phi) is 5.80. The molecule has 27 heavy (non-hydrogen) atoms. The molecule has 0 spiro atoms. The Labute approximate surface area is 156 Å². The third kappa shape index (κ3) is 4.69. The fourth-order valence-electron chi connectivity index (χ4n) is 2.72. The van der Waals surface area contributed by atoms with Gasteiger partial charge in [-0.25, -0.2) is 0 Å². The van der Waals surface area contributed by atoms with Gasteiger partial charge in [-0.1, -0.05) is 19.1 Å². The van der Waals surface area contributed by atoms with E-state index in [-0.39, 0.29) is 19.1 Å². The maximum atomic E-state index is 12.6. The summed E-state index contributed by atoms with van der Waals surface area (Å²) >= 11 is 0. The minimum absolute atomic E-state index is 0.120. The van der Waals surface area contributed by atoms with E-state index in [1.807, 2.05) is 6.92 Å². The zero-order valence-corrected chi connectivity index (χ0v) is 14.9. The van der Waals surface area contributed by atoms with Crippen LogP contribution in [0.1, 0.15) is 41.7 Å². The molecule has 0 saturated heterocycles. The number of rotatable bonds is 8. The molecule has 0 bridgehead atoms. The number of benzene rings is 2. The van der Waals surface area contributed by atoms with Gasteiger partial charge in [0.05, 0.1) is 19.1 Å². The van der Waals surface area contributed by atoms with Crippen molar-refractivity contribution in [3.05, 3.63) is 53.6 Å². The molecule has 0 saturated carbocycles. The third-order valence-corrected chi connectivity index (χ3v) is 4.07. The molecule has 1 atom stereocenters. The van der Waals surface area contributed by atoms with Crippen molar-refractivity contribution in [1.29, 1.82) is 0 Å². The lowest BCUT2D eigenvalue weighted by atomic mass is 10.0. The van der Waals surface area contributed by atoms with Crippen LogP contribution in [0.3, 0.4) is 0 Å². The maximum absolute atomic E-state index is 12.6. The Bertz CT molecular complexity index is 818. The summed E-state index contributed by atoms with van der Waals surface area (Å²) in [6, 6.07) is 11.2. The van der Waals surface area contributed by atoms with E-state index < -0.39 is 12.0 Å². The first-order valence-electron chi connectivity index (χ1n) is 8.72. The fourth-order valence-corrected chi connectivity index (χ4v) is 2.72. The lowest BCUT2D eigenvalue weighted by molar-refractivity contribution is -0.137. The van der Waals surface area contributed by atoms with Gasteiger partial charge in [-0.3, -0.25) is 9.59 Å². The normalized spacial score (nSPS) is 13.1. The second kappa shape index (κ2) is 8.44. The molecular formula is C20H21NO6. The zero-order valence-electron chi connectivity index (χ0n) is 14.9. The summed E-state index contributed by atoms with van der Waals surface area (Å²) in [5, 5.41) is 12.0. The topological polar surface area (TPSA) is 94.1 Å². The van der Waals surface area contributed by atoms with Crippen LogP contribution in [-0.2, 0) is 4.79 Å². The van der Waals surface area contributed by atoms with Crippen molar-refractivity contribution in [3.63, 3.8) is 0 Å². The van der Waals surface area contributed by atoms with Crippen molar-refractivity contribution in [3.8, 4) is 17.2 Å². The van der Waals surface area contributed by atoms with Crippen LogP contribution in [0.2, 0.25) is 0 Å². The Hall–Kier alpha value is -3.22. The molecule has 0 radical (unpaired) electrons. The first kappa shape index (κ1) is 18.6. The number of ether oxygens (including phenoxy) is 3. The molecule has 7 heteroatoms. The summed E-state index contributed by atoms with van der Waals surface area (Å²) in [4.78, 5) is 23.8. The second-order valence-corrected chi connectivity index (χ2v) is 6.11. The number of carboxylic acids is 1. The number of hydrogen-bond donors (Lipinski definition) is 2. The quantitative estimate of drug-likeness (QED) is 0.740. The summed E-state index contributed by atoms with van der Waals surface area (Å²) in [5.74, 6) is 0.395. The van der Waals surface area contributed by atoms with Gasteiger partial charge in [0.2, 0.25) is 6.79 Å². The van der Waals surface area contributed by atoms with Gasteiger partial charge in [0.15, 0.2) is 11.5 Å². The van der Waals surface area contributed by atoms with Crippen LogP contribution in [0.5, 0.6) is 17.2 Å². The van der Waals surface area contributed by atoms with Gasteiger partial charge in [0.25, 0.3) is 5.91 Å². The van der Waals surface area contributed by atoms with Gasteiger partial charge in [-0.05, 0) is 42.3 Å². The molecule has 1 amide bonds. The summed E-state index contributed by atoms with van der Waals surface area (Å²) in [6.07, 6.45) is 0.667. The largest absolute Gasteiger partial charge is 0.494 e. The lowest BCUT2D eigenvalue weighted by Gasteiger charge is -2.18. The van der Waals surface area contributed by atoms with E-state index in [9.17, 15) is 14.7 Å². The summed E-state index contributed by atoms with van der Waals surface area (Å²) < 4.78 is 16.0. The van der Waals surface area contributed by atoms with Gasteiger partial charge in [0, 0.05) is 5.56 Å². The number of carboxylic acid groups (broad SMARTS) is 1. The highest BCUT2D eigenvalue weighted by molar-refractivity contribution is 5.95. The second-order valence-electron chi connectivity index (χ2n) is 6.11. The molecule has 2 aromatic rings. The fraction of sp³-hybridized carbons (Fsp3) is 0.300. The predicted molar refractivity (Wildman–Crippen MR) is 97.3 cm³/mol. The van der Waals surface area contributed by atoms with E-state index in [1.165, 1.54) is 0 Å². The van der Waals surface area contributed by atoms with Crippen LogP contribution in [0, 0.1) is 0 Å². The summed E-state index contributed by atoms with van der Waals surface area (Å²) in [6.45, 7) is 2.75. The minimum atomic E-state index is -1.00. The van der Waals surface area contributed by atoms with E-state index in [1.54, 1.807) is 42.5 Å². The van der Waals surface area contributed by atoms with Crippen molar-refractivity contribution in [1.82, 2.24) is 5.32 Å². The van der Waals surface area contributed by atoms with Gasteiger partial charge in [-0.15, -0.1) is 0 Å². The van der Waals surface area contributed by atoms with Crippen molar-refractivity contribution >= 4 is 11.9 Å². The SMILES string of the molecule is CCCOc1ccc([C@@H](CC(=O)O)NC(=O)c2ccc3c(c2)OCO3)cc1. The average Bonchev–Trinajstić information content (AvgIpc) is 3.13. The van der Waals surface area contributed by atoms with Crippen molar-refractivity contribution < 1.29 is 28.9 Å². The highest BCUT2D eigenvalue weighted by Crippen LogP contribution is 2.32. The molecule has 2 aromatic carbocycles. The van der Waals surface area contributed by atoms with Gasteiger partial charge in [-0.2, -0.15) is 0 Å². The monoisotopic (exact) mass is 371 g/mol. The Morgan fingerprint density at radius 3 is 2.59 bits per heavy atom. The molecular weight excluding hydrogens is 350 g/mol. The molecule has 1 heterocycles. The Morgan fingerprint density at radius 2 is 1.89 bits per heavy atom. The van der Waals surface area contributed by atoms with E-state index in [4.69, 9.17) is 14.2 Å². The highest BCUT2D eigenvalue weighted by Gasteiger charge is 2.21. The Morgan fingerprint density at radius 1 is 1.15 bits per heavy atom. The van der Waals surface area contributed by atoms with Crippen LogP contribution in [0.4, 0.5) is 0 Å². The number of amides is 1. The van der Waals surface area contributed by atoms with Crippen molar-refractivity contribution in [2.75, 3.05) is 13.4 Å². The molecule has 142 valence electrons. The molecule has 0 unspecified atom stereocenters. The van der Waals surface area contributed by atoms with Gasteiger partial charge >= 0.3 is 5.97 Å².